The molecule has 0 radical (unpaired) electrons. The Bertz CT molecular complexity index is 1210. The van der Waals surface area contributed by atoms with Crippen LogP contribution in [-0.4, -0.2) is 36.3 Å². The summed E-state index contributed by atoms with van der Waals surface area (Å²) in [6.45, 7) is 3.07. The Morgan fingerprint density at radius 1 is 1.00 bits per heavy atom. The Labute approximate surface area is 182 Å². The van der Waals surface area contributed by atoms with E-state index in [1.165, 1.54) is 0 Å². The Balaban J connectivity index is 1.60. The molecule has 4 aromatic rings. The molecule has 1 fully saturated rings. The summed E-state index contributed by atoms with van der Waals surface area (Å²) in [4.78, 5) is 12.8. The Kier molecular flexibility index (Phi) is 5.28. The Hall–Kier alpha value is -3.05. The highest BCUT2D eigenvalue weighted by atomic mass is 32.1. The average molecular weight is 431 g/mol. The smallest absolute Gasteiger partial charge is 0.186 e. The zero-order valence-corrected chi connectivity index (χ0v) is 17.7. The standard InChI is InChI=1S/C23H18N4OS2/c24-15-17(22-25-18-8-4-5-9-19(18)29-22)14-20-21(16-6-2-1-3-7-16)26-23(30-20)27-10-12-28-13-11-27/h1-9,14H,10-13H2/b17-14+. The summed E-state index contributed by atoms with van der Waals surface area (Å²) >= 11 is 3.16. The third-order valence-corrected chi connectivity index (χ3v) is 7.02. The number of fused-ring (bicyclic) bond motifs is 1. The lowest BCUT2D eigenvalue weighted by Gasteiger charge is -2.26. The van der Waals surface area contributed by atoms with Crippen molar-refractivity contribution >= 4 is 49.7 Å². The van der Waals surface area contributed by atoms with E-state index in [9.17, 15) is 5.26 Å². The van der Waals surface area contributed by atoms with E-state index in [1.54, 1.807) is 22.7 Å². The van der Waals surface area contributed by atoms with Crippen molar-refractivity contribution in [2.24, 2.45) is 0 Å². The number of ether oxygens (including phenoxy) is 1. The van der Waals surface area contributed by atoms with Crippen LogP contribution in [0.1, 0.15) is 9.88 Å². The van der Waals surface area contributed by atoms with Gasteiger partial charge in [-0.25, -0.2) is 9.97 Å². The monoisotopic (exact) mass is 430 g/mol. The predicted molar refractivity (Wildman–Crippen MR) is 124 cm³/mol. The molecule has 5 rings (SSSR count). The van der Waals surface area contributed by atoms with Crippen LogP contribution in [0.25, 0.3) is 33.1 Å². The van der Waals surface area contributed by atoms with Gasteiger partial charge in [-0.15, -0.1) is 11.3 Å². The number of anilines is 1. The molecule has 0 unspecified atom stereocenters. The number of allylic oxidation sites excluding steroid dienone is 1. The number of nitrogens with zero attached hydrogens (tertiary/aromatic N) is 4. The molecule has 1 saturated heterocycles. The van der Waals surface area contributed by atoms with Gasteiger partial charge in [0.25, 0.3) is 0 Å². The second-order valence-electron chi connectivity index (χ2n) is 6.83. The number of rotatable bonds is 4. The maximum atomic E-state index is 9.89. The zero-order chi connectivity index (χ0) is 20.3. The molecular formula is C23H18N4OS2. The van der Waals surface area contributed by atoms with E-state index < -0.39 is 0 Å². The number of morpholine rings is 1. The van der Waals surface area contributed by atoms with Crippen LogP contribution >= 0.6 is 22.7 Å². The summed E-state index contributed by atoms with van der Waals surface area (Å²) in [6.07, 6.45) is 1.93. The van der Waals surface area contributed by atoms with Crippen LogP contribution in [0.5, 0.6) is 0 Å². The lowest BCUT2D eigenvalue weighted by atomic mass is 10.1. The minimum absolute atomic E-state index is 0.561. The fourth-order valence-electron chi connectivity index (χ4n) is 3.37. The number of nitriles is 1. The van der Waals surface area contributed by atoms with Crippen LogP contribution < -0.4 is 4.90 Å². The first-order chi connectivity index (χ1) is 14.8. The number of benzene rings is 2. The summed E-state index contributed by atoms with van der Waals surface area (Å²) in [5.41, 5.74) is 3.42. The van der Waals surface area contributed by atoms with Gasteiger partial charge in [-0.05, 0) is 18.2 Å². The normalized spacial score (nSPS) is 14.8. The first-order valence-electron chi connectivity index (χ1n) is 9.68. The van der Waals surface area contributed by atoms with Crippen molar-refractivity contribution in [3.8, 4) is 17.3 Å². The quantitative estimate of drug-likeness (QED) is 0.410. The van der Waals surface area contributed by atoms with Crippen LogP contribution in [-0.2, 0) is 4.74 Å². The van der Waals surface area contributed by atoms with E-state index in [0.717, 1.165) is 49.6 Å². The topological polar surface area (TPSA) is 62.0 Å². The maximum absolute atomic E-state index is 9.89. The van der Waals surface area contributed by atoms with Crippen molar-refractivity contribution in [2.45, 2.75) is 0 Å². The molecule has 30 heavy (non-hydrogen) atoms. The van der Waals surface area contributed by atoms with Crippen LogP contribution in [0.4, 0.5) is 5.13 Å². The fourth-order valence-corrected chi connectivity index (χ4v) is 5.39. The van der Waals surface area contributed by atoms with Crippen LogP contribution in [0.15, 0.2) is 54.6 Å². The van der Waals surface area contributed by atoms with Crippen molar-refractivity contribution in [3.63, 3.8) is 0 Å². The number of hydrogen-bond donors (Lipinski definition) is 0. The molecule has 0 spiro atoms. The third-order valence-electron chi connectivity index (χ3n) is 4.89. The third kappa shape index (κ3) is 3.73. The van der Waals surface area contributed by atoms with Gasteiger partial charge >= 0.3 is 0 Å². The van der Waals surface area contributed by atoms with Gasteiger partial charge in [0.05, 0.1) is 39.6 Å². The van der Waals surface area contributed by atoms with Crippen molar-refractivity contribution in [1.82, 2.24) is 9.97 Å². The average Bonchev–Trinajstić information content (AvgIpc) is 3.43. The van der Waals surface area contributed by atoms with Gasteiger partial charge in [0.15, 0.2) is 5.13 Å². The van der Waals surface area contributed by atoms with Crippen LogP contribution in [0, 0.1) is 11.3 Å². The van der Waals surface area contributed by atoms with Gasteiger partial charge in [-0.3, -0.25) is 0 Å². The molecule has 0 amide bonds. The first kappa shape index (κ1) is 18.9. The Morgan fingerprint density at radius 3 is 2.53 bits per heavy atom. The number of aromatic nitrogens is 2. The Morgan fingerprint density at radius 2 is 1.77 bits per heavy atom. The van der Waals surface area contributed by atoms with Gasteiger partial charge in [-0.2, -0.15) is 5.26 Å². The highest BCUT2D eigenvalue weighted by molar-refractivity contribution is 7.20. The van der Waals surface area contributed by atoms with Gasteiger partial charge in [-0.1, -0.05) is 53.8 Å². The van der Waals surface area contributed by atoms with Gasteiger partial charge < -0.3 is 9.64 Å². The van der Waals surface area contributed by atoms with Crippen molar-refractivity contribution < 1.29 is 4.74 Å². The lowest BCUT2D eigenvalue weighted by Crippen LogP contribution is -2.36. The largest absolute Gasteiger partial charge is 0.378 e. The molecule has 5 nitrogen and oxygen atoms in total. The fraction of sp³-hybridized carbons (Fsp3) is 0.174. The lowest BCUT2D eigenvalue weighted by molar-refractivity contribution is 0.122. The maximum Gasteiger partial charge on any atom is 0.186 e. The second-order valence-corrected chi connectivity index (χ2v) is 8.87. The summed E-state index contributed by atoms with van der Waals surface area (Å²) < 4.78 is 6.56. The molecule has 0 saturated carbocycles. The number of hydrogen-bond acceptors (Lipinski definition) is 7. The van der Waals surface area contributed by atoms with E-state index in [1.807, 2.05) is 48.5 Å². The van der Waals surface area contributed by atoms with Crippen LogP contribution in [0.2, 0.25) is 0 Å². The molecular weight excluding hydrogens is 412 g/mol. The van der Waals surface area contributed by atoms with Gasteiger partial charge in [0.1, 0.15) is 11.1 Å². The SMILES string of the molecule is N#C/C(=C\c1sc(N2CCOCC2)nc1-c1ccccc1)c1nc2ccccc2s1. The molecule has 3 heterocycles. The molecule has 1 aliphatic heterocycles. The van der Waals surface area contributed by atoms with E-state index in [-0.39, 0.29) is 0 Å². The number of para-hydroxylation sites is 1. The first-order valence-corrected chi connectivity index (χ1v) is 11.3. The highest BCUT2D eigenvalue weighted by Crippen LogP contribution is 2.37. The minimum Gasteiger partial charge on any atom is -0.378 e. The molecule has 2 aromatic heterocycles. The molecule has 0 bridgehead atoms. The van der Waals surface area contributed by atoms with E-state index >= 15 is 0 Å². The van der Waals surface area contributed by atoms with Crippen LogP contribution in [0.3, 0.4) is 0 Å². The summed E-state index contributed by atoms with van der Waals surface area (Å²) in [5, 5.41) is 11.6. The van der Waals surface area contributed by atoms with Gasteiger partial charge in [0, 0.05) is 18.7 Å². The van der Waals surface area contributed by atoms with E-state index in [0.29, 0.717) is 18.8 Å². The molecule has 0 atom stereocenters. The zero-order valence-electron chi connectivity index (χ0n) is 16.1. The molecule has 2 aromatic carbocycles. The van der Waals surface area contributed by atoms with Crippen molar-refractivity contribution in [1.29, 1.82) is 5.26 Å². The molecule has 1 aliphatic rings. The molecule has 0 N–H and O–H groups in total. The van der Waals surface area contributed by atoms with Crippen molar-refractivity contribution in [2.75, 3.05) is 31.2 Å². The second kappa shape index (κ2) is 8.36. The molecule has 7 heteroatoms. The van der Waals surface area contributed by atoms with Gasteiger partial charge in [0.2, 0.25) is 0 Å². The number of thiazole rings is 2. The summed E-state index contributed by atoms with van der Waals surface area (Å²) in [7, 11) is 0. The van der Waals surface area contributed by atoms with E-state index in [4.69, 9.17) is 9.72 Å². The van der Waals surface area contributed by atoms with E-state index in [2.05, 4.69) is 28.1 Å². The predicted octanol–water partition coefficient (Wildman–Crippen LogP) is 5.32. The summed E-state index contributed by atoms with van der Waals surface area (Å²) in [5.74, 6) is 0. The molecule has 0 aliphatic carbocycles. The minimum atomic E-state index is 0.561. The summed E-state index contributed by atoms with van der Waals surface area (Å²) in [6, 6.07) is 20.4. The van der Waals surface area contributed by atoms with Crippen molar-refractivity contribution in [3.05, 3.63) is 64.5 Å². The highest BCUT2D eigenvalue weighted by Gasteiger charge is 2.20. The molecule has 148 valence electrons.